The summed E-state index contributed by atoms with van der Waals surface area (Å²) in [5.41, 5.74) is 1.45. The lowest BCUT2D eigenvalue weighted by atomic mass is 10.2. The number of benzene rings is 2. The fourth-order valence-electron chi connectivity index (χ4n) is 3.00. The summed E-state index contributed by atoms with van der Waals surface area (Å²) >= 11 is 0. The summed E-state index contributed by atoms with van der Waals surface area (Å²) in [6.07, 6.45) is 0.863. The van der Waals surface area contributed by atoms with Crippen LogP contribution in [-0.2, 0) is 6.54 Å². The molecule has 0 aromatic heterocycles. The second-order valence-electron chi connectivity index (χ2n) is 6.06. The predicted octanol–water partition coefficient (Wildman–Crippen LogP) is 3.31. The molecule has 1 aliphatic heterocycles. The minimum Gasteiger partial charge on any atom is -0.337 e. The van der Waals surface area contributed by atoms with E-state index in [4.69, 9.17) is 0 Å². The van der Waals surface area contributed by atoms with Crippen molar-refractivity contribution in [3.63, 3.8) is 0 Å². The lowest BCUT2D eigenvalue weighted by molar-refractivity contribution is 0.0761. The van der Waals surface area contributed by atoms with Crippen molar-refractivity contribution in [1.29, 1.82) is 0 Å². The van der Waals surface area contributed by atoms with Gasteiger partial charge in [0.25, 0.3) is 5.91 Å². The molecule has 126 valence electrons. The average Bonchev–Trinajstić information content (AvgIpc) is 2.81. The monoisotopic (exact) mass is 330 g/mol. The summed E-state index contributed by atoms with van der Waals surface area (Å²) in [5.74, 6) is -0.637. The van der Waals surface area contributed by atoms with Gasteiger partial charge < -0.3 is 4.90 Å². The molecule has 1 aliphatic rings. The van der Waals surface area contributed by atoms with Crippen LogP contribution in [0.2, 0.25) is 0 Å². The van der Waals surface area contributed by atoms with E-state index in [9.17, 15) is 13.6 Å². The lowest BCUT2D eigenvalue weighted by Gasteiger charge is -2.22. The maximum atomic E-state index is 13.3. The molecule has 0 unspecified atom stereocenters. The van der Waals surface area contributed by atoms with Crippen molar-refractivity contribution in [2.75, 3.05) is 26.2 Å². The first kappa shape index (κ1) is 16.6. The first-order chi connectivity index (χ1) is 11.6. The molecule has 0 aliphatic carbocycles. The first-order valence-corrected chi connectivity index (χ1v) is 8.13. The number of hydrogen-bond acceptors (Lipinski definition) is 2. The van der Waals surface area contributed by atoms with Crippen LogP contribution >= 0.6 is 0 Å². The number of hydrogen-bond donors (Lipinski definition) is 0. The summed E-state index contributed by atoms with van der Waals surface area (Å²) < 4.78 is 26.3. The summed E-state index contributed by atoms with van der Waals surface area (Å²) in [6.45, 7) is 3.57. The van der Waals surface area contributed by atoms with Crippen molar-refractivity contribution in [1.82, 2.24) is 9.80 Å². The Balaban J connectivity index is 1.60. The van der Waals surface area contributed by atoms with Crippen molar-refractivity contribution in [2.45, 2.75) is 13.0 Å². The molecule has 3 nitrogen and oxygen atoms in total. The lowest BCUT2D eigenvalue weighted by Crippen LogP contribution is -2.35. The molecule has 2 aromatic rings. The van der Waals surface area contributed by atoms with Gasteiger partial charge in [-0.3, -0.25) is 9.69 Å². The Morgan fingerprint density at radius 2 is 1.71 bits per heavy atom. The maximum absolute atomic E-state index is 13.3. The van der Waals surface area contributed by atoms with Crippen LogP contribution in [0.4, 0.5) is 8.78 Å². The zero-order valence-electron chi connectivity index (χ0n) is 13.4. The fraction of sp³-hybridized carbons (Fsp3) is 0.316. The topological polar surface area (TPSA) is 23.6 Å². The number of carbonyl (C=O) groups excluding carboxylic acids is 1. The van der Waals surface area contributed by atoms with Gasteiger partial charge in [0.2, 0.25) is 0 Å². The molecule has 0 atom stereocenters. The highest BCUT2D eigenvalue weighted by Gasteiger charge is 2.20. The van der Waals surface area contributed by atoms with E-state index < -0.39 is 0 Å². The van der Waals surface area contributed by atoms with Gasteiger partial charge >= 0.3 is 0 Å². The van der Waals surface area contributed by atoms with Gasteiger partial charge in [-0.1, -0.05) is 12.1 Å². The third kappa shape index (κ3) is 4.17. The van der Waals surface area contributed by atoms with Gasteiger partial charge in [0.1, 0.15) is 11.6 Å². The number of amides is 1. The maximum Gasteiger partial charge on any atom is 0.253 e. The average molecular weight is 330 g/mol. The smallest absolute Gasteiger partial charge is 0.253 e. The minimum atomic E-state index is -0.344. The Labute approximate surface area is 140 Å². The molecule has 3 rings (SSSR count). The van der Waals surface area contributed by atoms with Crippen molar-refractivity contribution >= 4 is 5.91 Å². The van der Waals surface area contributed by atoms with Crippen LogP contribution in [0, 0.1) is 11.6 Å². The van der Waals surface area contributed by atoms with Crippen LogP contribution in [0.1, 0.15) is 22.3 Å². The fourth-order valence-corrected chi connectivity index (χ4v) is 3.00. The third-order valence-electron chi connectivity index (χ3n) is 4.26. The van der Waals surface area contributed by atoms with Gasteiger partial charge in [-0.2, -0.15) is 0 Å². The van der Waals surface area contributed by atoms with E-state index in [0.717, 1.165) is 25.1 Å². The Morgan fingerprint density at radius 1 is 0.917 bits per heavy atom. The molecule has 1 amide bonds. The van der Waals surface area contributed by atoms with Gasteiger partial charge in [0.05, 0.1) is 0 Å². The molecule has 1 heterocycles. The number of halogens is 2. The van der Waals surface area contributed by atoms with Crippen LogP contribution in [0.15, 0.2) is 48.5 Å². The van der Waals surface area contributed by atoms with E-state index in [0.29, 0.717) is 25.2 Å². The molecule has 0 spiro atoms. The first-order valence-electron chi connectivity index (χ1n) is 8.13. The molecular formula is C19H20F2N2O. The van der Waals surface area contributed by atoms with E-state index in [-0.39, 0.29) is 17.5 Å². The highest BCUT2D eigenvalue weighted by atomic mass is 19.1. The van der Waals surface area contributed by atoms with Crippen LogP contribution in [0.5, 0.6) is 0 Å². The zero-order chi connectivity index (χ0) is 16.9. The van der Waals surface area contributed by atoms with Crippen LogP contribution < -0.4 is 0 Å². The van der Waals surface area contributed by atoms with E-state index in [1.54, 1.807) is 17.0 Å². The van der Waals surface area contributed by atoms with Gasteiger partial charge in [-0.05, 0) is 48.4 Å². The second kappa shape index (κ2) is 7.53. The second-order valence-corrected chi connectivity index (χ2v) is 6.06. The van der Waals surface area contributed by atoms with E-state index in [1.165, 1.54) is 30.3 Å². The normalized spacial score (nSPS) is 16.0. The Kier molecular flexibility index (Phi) is 5.20. The molecule has 0 N–H and O–H groups in total. The van der Waals surface area contributed by atoms with Crippen LogP contribution in [0.25, 0.3) is 0 Å². The molecular weight excluding hydrogens is 310 g/mol. The zero-order valence-corrected chi connectivity index (χ0v) is 13.4. The van der Waals surface area contributed by atoms with Crippen LogP contribution in [-0.4, -0.2) is 41.9 Å². The van der Waals surface area contributed by atoms with Gasteiger partial charge in [0, 0.05) is 38.3 Å². The highest BCUT2D eigenvalue weighted by molar-refractivity contribution is 5.94. The molecule has 1 saturated heterocycles. The number of nitrogens with zero attached hydrogens (tertiary/aromatic N) is 2. The van der Waals surface area contributed by atoms with E-state index in [1.807, 2.05) is 6.07 Å². The summed E-state index contributed by atoms with van der Waals surface area (Å²) in [6, 6.07) is 12.3. The third-order valence-corrected chi connectivity index (χ3v) is 4.26. The number of carbonyl (C=O) groups is 1. The molecule has 0 bridgehead atoms. The van der Waals surface area contributed by atoms with Crippen molar-refractivity contribution in [2.24, 2.45) is 0 Å². The van der Waals surface area contributed by atoms with Gasteiger partial charge in [-0.25, -0.2) is 8.78 Å². The molecule has 24 heavy (non-hydrogen) atoms. The van der Waals surface area contributed by atoms with E-state index >= 15 is 0 Å². The molecule has 0 radical (unpaired) electrons. The predicted molar refractivity (Wildman–Crippen MR) is 88.6 cm³/mol. The SMILES string of the molecule is O=C(c1ccc(F)cc1)N1CCCN(Cc2cccc(F)c2)CC1. The Hall–Kier alpha value is -2.27. The quantitative estimate of drug-likeness (QED) is 0.862. The minimum absolute atomic E-state index is 0.0670. The van der Waals surface area contributed by atoms with Crippen molar-refractivity contribution in [3.05, 3.63) is 71.3 Å². The van der Waals surface area contributed by atoms with E-state index in [2.05, 4.69) is 4.90 Å². The molecule has 2 aromatic carbocycles. The Bertz CT molecular complexity index is 703. The van der Waals surface area contributed by atoms with Crippen molar-refractivity contribution < 1.29 is 13.6 Å². The summed E-state index contributed by atoms with van der Waals surface area (Å²) in [4.78, 5) is 16.5. The standard InChI is InChI=1S/C19H20F2N2O/c20-17-7-5-16(6-8-17)19(24)23-10-2-9-22(11-12-23)14-15-3-1-4-18(21)13-15/h1,3-8,13H,2,9-12,14H2. The van der Waals surface area contributed by atoms with Crippen LogP contribution in [0.3, 0.4) is 0 Å². The number of rotatable bonds is 3. The van der Waals surface area contributed by atoms with Crippen molar-refractivity contribution in [3.8, 4) is 0 Å². The summed E-state index contributed by atoms with van der Waals surface area (Å²) in [7, 11) is 0. The molecule has 5 heteroatoms. The molecule has 1 fully saturated rings. The summed E-state index contributed by atoms with van der Waals surface area (Å²) in [5, 5.41) is 0. The largest absolute Gasteiger partial charge is 0.337 e. The highest BCUT2D eigenvalue weighted by Crippen LogP contribution is 2.13. The van der Waals surface area contributed by atoms with Gasteiger partial charge in [-0.15, -0.1) is 0 Å². The van der Waals surface area contributed by atoms with Gasteiger partial charge in [0.15, 0.2) is 0 Å². The Morgan fingerprint density at radius 3 is 2.46 bits per heavy atom. The molecule has 0 saturated carbocycles.